The molecule has 0 bridgehead atoms. The Morgan fingerprint density at radius 2 is 2.27 bits per heavy atom. The van der Waals surface area contributed by atoms with Crippen LogP contribution >= 0.6 is 0 Å². The van der Waals surface area contributed by atoms with E-state index in [1.54, 1.807) is 10.9 Å². The number of anilines is 2. The van der Waals surface area contributed by atoms with E-state index >= 15 is 0 Å². The van der Waals surface area contributed by atoms with Gasteiger partial charge in [-0.2, -0.15) is 5.10 Å². The van der Waals surface area contributed by atoms with Crippen molar-refractivity contribution in [2.45, 2.75) is 27.3 Å². The van der Waals surface area contributed by atoms with Crippen LogP contribution in [0.3, 0.4) is 0 Å². The van der Waals surface area contributed by atoms with E-state index in [9.17, 15) is 5.11 Å². The molecule has 1 aromatic rings. The van der Waals surface area contributed by atoms with Crippen molar-refractivity contribution in [2.24, 2.45) is 5.41 Å². The van der Waals surface area contributed by atoms with Gasteiger partial charge in [-0.05, 0) is 6.92 Å². The Hall–Kier alpha value is -1.23. The lowest BCUT2D eigenvalue weighted by Crippen LogP contribution is -2.25. The van der Waals surface area contributed by atoms with Gasteiger partial charge in [-0.25, -0.2) is 4.68 Å². The number of nitrogens with zero attached hydrogens (tertiary/aromatic N) is 2. The number of rotatable bonds is 5. The van der Waals surface area contributed by atoms with Crippen LogP contribution in [0.15, 0.2) is 6.20 Å². The maximum Gasteiger partial charge on any atom is 0.147 e. The van der Waals surface area contributed by atoms with Crippen LogP contribution in [0.1, 0.15) is 20.8 Å². The fourth-order valence-electron chi connectivity index (χ4n) is 1.34. The van der Waals surface area contributed by atoms with Gasteiger partial charge in [0.25, 0.3) is 0 Å². The molecule has 0 saturated carbocycles. The normalized spacial score (nSPS) is 11.7. The molecule has 15 heavy (non-hydrogen) atoms. The van der Waals surface area contributed by atoms with E-state index in [1.165, 1.54) is 0 Å². The van der Waals surface area contributed by atoms with Gasteiger partial charge in [0, 0.05) is 18.6 Å². The van der Waals surface area contributed by atoms with Crippen LogP contribution in [0, 0.1) is 5.41 Å². The standard InChI is InChI=1S/C10H20N4O/c1-4-12-9-8(11)5-13-14(9)6-10(2,3)7-15/h5,12,15H,4,6-7,11H2,1-3H3. The summed E-state index contributed by atoms with van der Waals surface area (Å²) in [6, 6.07) is 0. The molecule has 1 aromatic heterocycles. The molecule has 86 valence electrons. The molecule has 0 aliphatic carbocycles. The average Bonchev–Trinajstić information content (AvgIpc) is 2.50. The quantitative estimate of drug-likeness (QED) is 0.678. The summed E-state index contributed by atoms with van der Waals surface area (Å²) in [5, 5.41) is 16.5. The molecule has 0 fully saturated rings. The molecule has 0 radical (unpaired) electrons. The van der Waals surface area contributed by atoms with E-state index in [-0.39, 0.29) is 12.0 Å². The summed E-state index contributed by atoms with van der Waals surface area (Å²) in [6.07, 6.45) is 1.63. The van der Waals surface area contributed by atoms with Gasteiger partial charge in [0.05, 0.1) is 18.4 Å². The SMILES string of the molecule is CCNc1c(N)cnn1CC(C)(C)CO. The Bertz CT molecular complexity index is 319. The number of hydrogen-bond donors (Lipinski definition) is 3. The lowest BCUT2D eigenvalue weighted by atomic mass is 9.95. The Morgan fingerprint density at radius 3 is 2.80 bits per heavy atom. The molecule has 5 nitrogen and oxygen atoms in total. The molecule has 1 heterocycles. The molecule has 0 unspecified atom stereocenters. The fraction of sp³-hybridized carbons (Fsp3) is 0.700. The Balaban J connectivity index is 2.85. The number of nitrogens with one attached hydrogen (secondary N) is 1. The van der Waals surface area contributed by atoms with Crippen LogP contribution in [0.4, 0.5) is 11.5 Å². The van der Waals surface area contributed by atoms with Crippen molar-refractivity contribution in [3.63, 3.8) is 0 Å². The van der Waals surface area contributed by atoms with Crippen molar-refractivity contribution in [3.05, 3.63) is 6.20 Å². The third-order valence-electron chi connectivity index (χ3n) is 2.22. The van der Waals surface area contributed by atoms with Gasteiger partial charge < -0.3 is 16.2 Å². The highest BCUT2D eigenvalue weighted by Crippen LogP contribution is 2.23. The molecule has 1 rings (SSSR count). The number of nitrogens with two attached hydrogens (primary N) is 1. The highest BCUT2D eigenvalue weighted by atomic mass is 16.3. The zero-order valence-corrected chi connectivity index (χ0v) is 9.62. The summed E-state index contributed by atoms with van der Waals surface area (Å²) in [5.41, 5.74) is 6.23. The third kappa shape index (κ3) is 2.86. The van der Waals surface area contributed by atoms with Crippen molar-refractivity contribution in [2.75, 3.05) is 24.2 Å². The molecule has 4 N–H and O–H groups in total. The first-order chi connectivity index (χ1) is 7.00. The van der Waals surface area contributed by atoms with E-state index in [4.69, 9.17) is 5.73 Å². The summed E-state index contributed by atoms with van der Waals surface area (Å²) >= 11 is 0. The Morgan fingerprint density at radius 1 is 1.60 bits per heavy atom. The molecule has 5 heteroatoms. The first-order valence-corrected chi connectivity index (χ1v) is 5.16. The largest absolute Gasteiger partial charge is 0.396 e. The predicted molar refractivity (Wildman–Crippen MR) is 61.7 cm³/mol. The van der Waals surface area contributed by atoms with E-state index < -0.39 is 0 Å². The van der Waals surface area contributed by atoms with E-state index in [0.717, 1.165) is 12.4 Å². The second kappa shape index (κ2) is 4.53. The van der Waals surface area contributed by atoms with Gasteiger partial charge in [0.15, 0.2) is 0 Å². The van der Waals surface area contributed by atoms with Crippen LogP contribution in [0.25, 0.3) is 0 Å². The predicted octanol–water partition coefficient (Wildman–Crippen LogP) is 0.916. The minimum absolute atomic E-state index is 0.123. The van der Waals surface area contributed by atoms with Gasteiger partial charge in [-0.1, -0.05) is 13.8 Å². The third-order valence-corrected chi connectivity index (χ3v) is 2.22. The van der Waals surface area contributed by atoms with E-state index in [1.807, 2.05) is 20.8 Å². The second-order valence-electron chi connectivity index (χ2n) is 4.46. The zero-order chi connectivity index (χ0) is 11.5. The molecule has 0 atom stereocenters. The summed E-state index contributed by atoms with van der Waals surface area (Å²) < 4.78 is 1.80. The Labute approximate surface area is 90.3 Å². The number of nitrogen functional groups attached to an aromatic ring is 1. The number of hydrogen-bond acceptors (Lipinski definition) is 4. The zero-order valence-electron chi connectivity index (χ0n) is 9.62. The lowest BCUT2D eigenvalue weighted by molar-refractivity contribution is 0.137. The molecule has 0 saturated heterocycles. The number of aliphatic hydroxyl groups excluding tert-OH is 1. The van der Waals surface area contributed by atoms with Gasteiger partial charge in [0.2, 0.25) is 0 Å². The molecule has 0 aromatic carbocycles. The molecule has 0 aliphatic rings. The highest BCUT2D eigenvalue weighted by Gasteiger charge is 2.20. The van der Waals surface area contributed by atoms with E-state index in [0.29, 0.717) is 12.2 Å². The summed E-state index contributed by atoms with van der Waals surface area (Å²) in [5.74, 6) is 0.832. The van der Waals surface area contributed by atoms with E-state index in [2.05, 4.69) is 10.4 Å². The number of aliphatic hydroxyl groups is 1. The van der Waals surface area contributed by atoms with Crippen LogP contribution in [0.5, 0.6) is 0 Å². The van der Waals surface area contributed by atoms with Gasteiger partial charge in [-0.3, -0.25) is 0 Å². The van der Waals surface area contributed by atoms with Gasteiger partial charge in [0.1, 0.15) is 5.82 Å². The molecule has 0 amide bonds. The maximum absolute atomic E-state index is 9.19. The van der Waals surface area contributed by atoms with Crippen LogP contribution < -0.4 is 11.1 Å². The second-order valence-corrected chi connectivity index (χ2v) is 4.46. The molecule has 0 aliphatic heterocycles. The molecular formula is C10H20N4O. The van der Waals surface area contributed by atoms with Crippen molar-refractivity contribution in [3.8, 4) is 0 Å². The smallest absolute Gasteiger partial charge is 0.147 e. The van der Waals surface area contributed by atoms with Crippen LogP contribution in [0.2, 0.25) is 0 Å². The van der Waals surface area contributed by atoms with Gasteiger partial charge in [-0.15, -0.1) is 0 Å². The van der Waals surface area contributed by atoms with Crippen molar-refractivity contribution in [1.82, 2.24) is 9.78 Å². The number of aromatic nitrogens is 2. The minimum atomic E-state index is -0.192. The minimum Gasteiger partial charge on any atom is -0.396 e. The maximum atomic E-state index is 9.19. The fourth-order valence-corrected chi connectivity index (χ4v) is 1.34. The Kier molecular flexibility index (Phi) is 3.57. The molecular weight excluding hydrogens is 192 g/mol. The van der Waals surface area contributed by atoms with Crippen molar-refractivity contribution < 1.29 is 5.11 Å². The van der Waals surface area contributed by atoms with Crippen molar-refractivity contribution >= 4 is 11.5 Å². The summed E-state index contributed by atoms with van der Waals surface area (Å²) in [7, 11) is 0. The first kappa shape index (κ1) is 11.8. The molecule has 0 spiro atoms. The first-order valence-electron chi connectivity index (χ1n) is 5.16. The van der Waals surface area contributed by atoms with Crippen molar-refractivity contribution in [1.29, 1.82) is 0 Å². The van der Waals surface area contributed by atoms with Crippen LogP contribution in [-0.4, -0.2) is 28.0 Å². The van der Waals surface area contributed by atoms with Gasteiger partial charge >= 0.3 is 0 Å². The topological polar surface area (TPSA) is 76.1 Å². The van der Waals surface area contributed by atoms with Crippen LogP contribution in [-0.2, 0) is 6.54 Å². The summed E-state index contributed by atoms with van der Waals surface area (Å²) in [6.45, 7) is 7.55. The average molecular weight is 212 g/mol. The highest BCUT2D eigenvalue weighted by molar-refractivity contribution is 5.60. The lowest BCUT2D eigenvalue weighted by Gasteiger charge is -2.22. The monoisotopic (exact) mass is 212 g/mol. The summed E-state index contributed by atoms with van der Waals surface area (Å²) in [4.78, 5) is 0.